The van der Waals surface area contributed by atoms with Gasteiger partial charge in [0.2, 0.25) is 5.91 Å². The molecule has 0 radical (unpaired) electrons. The number of hydrogen-bond donors (Lipinski definition) is 1. The lowest BCUT2D eigenvalue weighted by Gasteiger charge is -2.13. The van der Waals surface area contributed by atoms with Gasteiger partial charge in [-0.1, -0.05) is 11.6 Å². The van der Waals surface area contributed by atoms with E-state index in [1.165, 1.54) is 29.4 Å². The van der Waals surface area contributed by atoms with Crippen LogP contribution in [0.5, 0.6) is 0 Å². The van der Waals surface area contributed by atoms with Gasteiger partial charge >= 0.3 is 0 Å². The van der Waals surface area contributed by atoms with Crippen LogP contribution >= 0.6 is 0 Å². The zero-order valence-corrected chi connectivity index (χ0v) is 12.5. The van der Waals surface area contributed by atoms with Gasteiger partial charge in [0, 0.05) is 12.7 Å². The zero-order chi connectivity index (χ0) is 15.4. The quantitative estimate of drug-likeness (QED) is 0.851. The number of fused-ring (bicyclic) bond motifs is 1. The highest BCUT2D eigenvalue weighted by atomic mass is 16.2. The maximum atomic E-state index is 12.1. The highest BCUT2D eigenvalue weighted by Crippen LogP contribution is 2.19. The molecule has 1 aliphatic carbocycles. The third-order valence-electron chi connectivity index (χ3n) is 3.99. The first-order valence-corrected chi connectivity index (χ1v) is 7.71. The van der Waals surface area contributed by atoms with Gasteiger partial charge in [0.05, 0.1) is 0 Å². The standard InChI is InChI=1S/C16H20N4O2/c21-15(17-9-8-13-5-2-1-3-6-13)11-20-16(22)14-7-4-10-19(14)12-18-20/h4-5,7,10,12H,1-3,6,8-9,11H2,(H,17,21). The number of carbonyl (C=O) groups excluding carboxylic acids is 1. The summed E-state index contributed by atoms with van der Waals surface area (Å²) >= 11 is 0. The van der Waals surface area contributed by atoms with Crippen molar-refractivity contribution < 1.29 is 4.79 Å². The van der Waals surface area contributed by atoms with Gasteiger partial charge in [-0.25, -0.2) is 4.68 Å². The van der Waals surface area contributed by atoms with Crippen molar-refractivity contribution in [1.82, 2.24) is 19.5 Å². The van der Waals surface area contributed by atoms with Crippen LogP contribution in [0.1, 0.15) is 32.1 Å². The van der Waals surface area contributed by atoms with Crippen LogP contribution in [0.2, 0.25) is 0 Å². The van der Waals surface area contributed by atoms with Crippen molar-refractivity contribution in [1.29, 1.82) is 0 Å². The molecule has 0 atom stereocenters. The van der Waals surface area contributed by atoms with Gasteiger partial charge < -0.3 is 9.72 Å². The SMILES string of the molecule is O=C(Cn1ncn2cccc2c1=O)NCCC1=CCCCC1. The van der Waals surface area contributed by atoms with Gasteiger partial charge in [0.15, 0.2) is 0 Å². The Morgan fingerprint density at radius 2 is 2.27 bits per heavy atom. The first-order valence-electron chi connectivity index (χ1n) is 7.71. The lowest BCUT2D eigenvalue weighted by atomic mass is 9.97. The Morgan fingerprint density at radius 3 is 3.09 bits per heavy atom. The molecule has 6 heteroatoms. The summed E-state index contributed by atoms with van der Waals surface area (Å²) in [6.45, 7) is 0.576. The van der Waals surface area contributed by atoms with Crippen molar-refractivity contribution in [2.45, 2.75) is 38.6 Å². The van der Waals surface area contributed by atoms with Gasteiger partial charge in [-0.05, 0) is 44.2 Å². The molecule has 0 fully saturated rings. The Bertz CT molecular complexity index is 757. The summed E-state index contributed by atoms with van der Waals surface area (Å²) in [6.07, 6.45) is 11.3. The fourth-order valence-electron chi connectivity index (χ4n) is 2.78. The van der Waals surface area contributed by atoms with E-state index in [1.807, 2.05) is 0 Å². The van der Waals surface area contributed by atoms with E-state index in [9.17, 15) is 9.59 Å². The summed E-state index contributed by atoms with van der Waals surface area (Å²) in [6, 6.07) is 3.49. The highest BCUT2D eigenvalue weighted by molar-refractivity contribution is 5.75. The second-order valence-electron chi connectivity index (χ2n) is 5.60. The third kappa shape index (κ3) is 3.27. The molecule has 3 rings (SSSR count). The summed E-state index contributed by atoms with van der Waals surface area (Å²) in [5.41, 5.74) is 1.70. The smallest absolute Gasteiger partial charge is 0.291 e. The van der Waals surface area contributed by atoms with Crippen molar-refractivity contribution in [3.05, 3.63) is 46.7 Å². The molecule has 0 unspecified atom stereocenters. The van der Waals surface area contributed by atoms with Crippen molar-refractivity contribution in [3.63, 3.8) is 0 Å². The van der Waals surface area contributed by atoms with Crippen molar-refractivity contribution >= 4 is 11.4 Å². The molecular weight excluding hydrogens is 280 g/mol. The summed E-state index contributed by atoms with van der Waals surface area (Å²) < 4.78 is 2.84. The third-order valence-corrected chi connectivity index (χ3v) is 3.99. The molecule has 0 saturated carbocycles. The van der Waals surface area contributed by atoms with Crippen molar-refractivity contribution in [2.24, 2.45) is 0 Å². The predicted molar refractivity (Wildman–Crippen MR) is 83.6 cm³/mol. The topological polar surface area (TPSA) is 68.4 Å². The summed E-state index contributed by atoms with van der Waals surface area (Å²) in [4.78, 5) is 24.1. The first kappa shape index (κ1) is 14.6. The minimum absolute atomic E-state index is 0.0421. The Balaban J connectivity index is 1.55. The van der Waals surface area contributed by atoms with E-state index in [0.717, 1.165) is 19.3 Å². The minimum Gasteiger partial charge on any atom is -0.354 e. The predicted octanol–water partition coefficient (Wildman–Crippen LogP) is 1.50. The van der Waals surface area contributed by atoms with Crippen LogP contribution in [0.15, 0.2) is 41.1 Å². The molecule has 1 aliphatic rings. The molecular formula is C16H20N4O2. The van der Waals surface area contributed by atoms with E-state index in [0.29, 0.717) is 12.1 Å². The summed E-state index contributed by atoms with van der Waals surface area (Å²) in [5.74, 6) is -0.179. The number of nitrogens with one attached hydrogen (secondary N) is 1. The monoisotopic (exact) mass is 300 g/mol. The number of rotatable bonds is 5. The molecule has 22 heavy (non-hydrogen) atoms. The van der Waals surface area contributed by atoms with E-state index in [-0.39, 0.29) is 18.0 Å². The molecule has 1 amide bonds. The van der Waals surface area contributed by atoms with Crippen LogP contribution in [0.4, 0.5) is 0 Å². The van der Waals surface area contributed by atoms with Crippen LogP contribution in [-0.4, -0.2) is 26.6 Å². The maximum absolute atomic E-state index is 12.1. The van der Waals surface area contributed by atoms with Gasteiger partial charge in [-0.3, -0.25) is 9.59 Å². The molecule has 0 saturated heterocycles. The maximum Gasteiger partial charge on any atom is 0.291 e. The minimum atomic E-state index is -0.252. The van der Waals surface area contributed by atoms with Gasteiger partial charge in [-0.2, -0.15) is 5.10 Å². The zero-order valence-electron chi connectivity index (χ0n) is 12.5. The number of allylic oxidation sites excluding steroid dienone is 1. The van der Waals surface area contributed by atoms with Crippen LogP contribution in [0, 0.1) is 0 Å². The molecule has 0 spiro atoms. The molecule has 0 bridgehead atoms. The fourth-order valence-corrected chi connectivity index (χ4v) is 2.78. The molecule has 2 heterocycles. The highest BCUT2D eigenvalue weighted by Gasteiger charge is 2.09. The number of aromatic nitrogens is 3. The first-order chi connectivity index (χ1) is 10.7. The molecule has 116 valence electrons. The molecule has 6 nitrogen and oxygen atoms in total. The number of amides is 1. The Labute approximate surface area is 128 Å². The lowest BCUT2D eigenvalue weighted by molar-refractivity contribution is -0.121. The second kappa shape index (κ2) is 6.60. The van der Waals surface area contributed by atoms with Crippen LogP contribution in [-0.2, 0) is 11.3 Å². The van der Waals surface area contributed by atoms with E-state index in [4.69, 9.17) is 0 Å². The largest absolute Gasteiger partial charge is 0.354 e. The summed E-state index contributed by atoms with van der Waals surface area (Å²) in [5, 5.41) is 6.87. The fraction of sp³-hybridized carbons (Fsp3) is 0.438. The molecule has 0 aromatic carbocycles. The van der Waals surface area contributed by atoms with E-state index in [1.54, 1.807) is 22.7 Å². The van der Waals surface area contributed by atoms with Crippen LogP contribution in [0.25, 0.3) is 5.52 Å². The van der Waals surface area contributed by atoms with Crippen LogP contribution in [0.3, 0.4) is 0 Å². The Morgan fingerprint density at radius 1 is 1.36 bits per heavy atom. The average molecular weight is 300 g/mol. The molecule has 0 aliphatic heterocycles. The van der Waals surface area contributed by atoms with Gasteiger partial charge in [-0.15, -0.1) is 0 Å². The van der Waals surface area contributed by atoms with E-state index >= 15 is 0 Å². The molecule has 1 N–H and O–H groups in total. The summed E-state index contributed by atoms with van der Waals surface area (Å²) in [7, 11) is 0. The number of carbonyl (C=O) groups is 1. The normalized spacial score (nSPS) is 14.8. The van der Waals surface area contributed by atoms with E-state index < -0.39 is 0 Å². The van der Waals surface area contributed by atoms with Crippen LogP contribution < -0.4 is 10.9 Å². The number of hydrogen-bond acceptors (Lipinski definition) is 3. The molecule has 2 aromatic rings. The Kier molecular flexibility index (Phi) is 4.37. The van der Waals surface area contributed by atoms with Gasteiger partial charge in [0.1, 0.15) is 18.4 Å². The van der Waals surface area contributed by atoms with Gasteiger partial charge in [0.25, 0.3) is 5.56 Å². The Hall–Kier alpha value is -2.37. The molecule has 2 aromatic heterocycles. The van der Waals surface area contributed by atoms with Crippen molar-refractivity contribution in [2.75, 3.05) is 6.54 Å². The lowest BCUT2D eigenvalue weighted by Crippen LogP contribution is -2.34. The van der Waals surface area contributed by atoms with Crippen molar-refractivity contribution in [3.8, 4) is 0 Å². The van der Waals surface area contributed by atoms with E-state index in [2.05, 4.69) is 16.5 Å². The second-order valence-corrected chi connectivity index (χ2v) is 5.60. The number of nitrogens with zero attached hydrogens (tertiary/aromatic N) is 3. The average Bonchev–Trinajstić information content (AvgIpc) is 3.01.